The number of likely N-dealkylation sites (N-methyl/N-ethyl adjacent to an activating group) is 1. The first-order chi connectivity index (χ1) is 9.25. The number of aliphatic carboxylic acids is 1. The summed E-state index contributed by atoms with van der Waals surface area (Å²) < 4.78 is 26.1. The Balaban J connectivity index is 2.57. The summed E-state index contributed by atoms with van der Waals surface area (Å²) in [4.78, 5) is 24.0. The molecule has 0 aromatic heterocycles. The molecule has 0 atom stereocenters. The molecule has 1 N–H and O–H groups in total. The second kappa shape index (κ2) is 7.00. The van der Waals surface area contributed by atoms with Crippen molar-refractivity contribution in [1.29, 1.82) is 0 Å². The number of carboxylic acid groups (broad SMARTS) is 1. The summed E-state index contributed by atoms with van der Waals surface area (Å²) in [7, 11) is -1.18. The first kappa shape index (κ1) is 16.9. The zero-order chi connectivity index (χ0) is 15.3. The van der Waals surface area contributed by atoms with E-state index in [0.29, 0.717) is 13.1 Å². The lowest BCUT2D eigenvalue weighted by atomic mass is 10.4. The summed E-state index contributed by atoms with van der Waals surface area (Å²) in [5.41, 5.74) is 0. The molecule has 1 aliphatic heterocycles. The number of hydrogen-bond acceptors (Lipinski definition) is 4. The fourth-order valence-electron chi connectivity index (χ4n) is 1.94. The second-order valence-corrected chi connectivity index (χ2v) is 6.96. The molecule has 1 heterocycles. The third-order valence-electron chi connectivity index (χ3n) is 3.24. The highest BCUT2D eigenvalue weighted by atomic mass is 32.2. The Morgan fingerprint density at radius 3 is 2.20 bits per heavy atom. The van der Waals surface area contributed by atoms with Gasteiger partial charge in [-0.05, 0) is 12.8 Å². The molecule has 0 bridgehead atoms. The quantitative estimate of drug-likeness (QED) is 0.663. The van der Waals surface area contributed by atoms with Crippen LogP contribution in [0.2, 0.25) is 0 Å². The van der Waals surface area contributed by atoms with Gasteiger partial charge in [0.2, 0.25) is 5.91 Å². The average molecular weight is 307 g/mol. The van der Waals surface area contributed by atoms with E-state index in [9.17, 15) is 18.0 Å². The topological polar surface area (TPSA) is 98.2 Å². The molecule has 0 radical (unpaired) electrons. The minimum atomic E-state index is -3.80. The Kier molecular flexibility index (Phi) is 5.90. The van der Waals surface area contributed by atoms with Crippen molar-refractivity contribution in [3.05, 3.63) is 0 Å². The van der Waals surface area contributed by atoms with Crippen LogP contribution in [0, 0.1) is 0 Å². The normalized spacial score (nSPS) is 16.1. The third kappa shape index (κ3) is 4.43. The van der Waals surface area contributed by atoms with Crippen LogP contribution in [-0.4, -0.2) is 79.2 Å². The molecule has 0 aliphatic carbocycles. The van der Waals surface area contributed by atoms with Gasteiger partial charge in [-0.3, -0.25) is 9.59 Å². The number of amides is 1. The molecule has 1 saturated heterocycles. The lowest BCUT2D eigenvalue weighted by Crippen LogP contribution is -2.45. The molecule has 1 fully saturated rings. The summed E-state index contributed by atoms with van der Waals surface area (Å²) in [5, 5.41) is 8.56. The van der Waals surface area contributed by atoms with Gasteiger partial charge in [-0.25, -0.2) is 0 Å². The van der Waals surface area contributed by atoms with Gasteiger partial charge in [-0.1, -0.05) is 0 Å². The van der Waals surface area contributed by atoms with Gasteiger partial charge in [0.15, 0.2) is 0 Å². The fourth-order valence-corrected chi connectivity index (χ4v) is 3.02. The zero-order valence-corrected chi connectivity index (χ0v) is 12.6. The van der Waals surface area contributed by atoms with E-state index in [4.69, 9.17) is 5.11 Å². The van der Waals surface area contributed by atoms with Crippen molar-refractivity contribution in [2.45, 2.75) is 19.3 Å². The van der Waals surface area contributed by atoms with Crippen LogP contribution in [0.4, 0.5) is 0 Å². The van der Waals surface area contributed by atoms with E-state index in [0.717, 1.165) is 21.5 Å². The molecular weight excluding hydrogens is 286 g/mol. The first-order valence-corrected chi connectivity index (χ1v) is 7.82. The van der Waals surface area contributed by atoms with E-state index < -0.39 is 16.2 Å². The molecule has 1 aliphatic rings. The van der Waals surface area contributed by atoms with Crippen LogP contribution >= 0.6 is 0 Å². The van der Waals surface area contributed by atoms with Gasteiger partial charge in [-0.2, -0.15) is 17.0 Å². The molecule has 0 saturated carbocycles. The number of carbonyl (C=O) groups excluding carboxylic acids is 1. The van der Waals surface area contributed by atoms with E-state index >= 15 is 0 Å². The highest BCUT2D eigenvalue weighted by Crippen LogP contribution is 2.10. The van der Waals surface area contributed by atoms with Crippen LogP contribution in [0.15, 0.2) is 0 Å². The molecule has 0 aromatic rings. The minimum absolute atomic E-state index is 0.125. The standard InChI is InChI=1S/C11H21N3O5S/c1-12(8-5-11(16)17)20(18,19)13(2)9-10(15)14-6-3-4-7-14/h3-9H2,1-2H3,(H,16,17). The Morgan fingerprint density at radius 2 is 1.70 bits per heavy atom. The summed E-state index contributed by atoms with van der Waals surface area (Å²) in [6.45, 7) is 0.989. The smallest absolute Gasteiger partial charge is 0.304 e. The van der Waals surface area contributed by atoms with Gasteiger partial charge in [0.1, 0.15) is 0 Å². The Bertz CT molecular complexity index is 459. The largest absolute Gasteiger partial charge is 0.481 e. The number of rotatable bonds is 7. The van der Waals surface area contributed by atoms with Crippen LogP contribution < -0.4 is 0 Å². The molecule has 0 aromatic carbocycles. The predicted octanol–water partition coefficient (Wildman–Crippen LogP) is -0.808. The maximum Gasteiger partial charge on any atom is 0.304 e. The highest BCUT2D eigenvalue weighted by Gasteiger charge is 2.28. The molecule has 116 valence electrons. The Hall–Kier alpha value is -1.19. The molecule has 9 heteroatoms. The van der Waals surface area contributed by atoms with Gasteiger partial charge in [0.25, 0.3) is 10.2 Å². The summed E-state index contributed by atoms with van der Waals surface area (Å²) >= 11 is 0. The van der Waals surface area contributed by atoms with Crippen LogP contribution in [0.3, 0.4) is 0 Å². The lowest BCUT2D eigenvalue weighted by molar-refractivity contribution is -0.137. The second-order valence-electron chi connectivity index (χ2n) is 4.82. The minimum Gasteiger partial charge on any atom is -0.481 e. The maximum atomic E-state index is 12.1. The van der Waals surface area contributed by atoms with Crippen molar-refractivity contribution < 1.29 is 23.1 Å². The van der Waals surface area contributed by atoms with Crippen LogP contribution in [0.5, 0.6) is 0 Å². The van der Waals surface area contributed by atoms with Crippen molar-refractivity contribution in [3.63, 3.8) is 0 Å². The van der Waals surface area contributed by atoms with Crippen molar-refractivity contribution in [1.82, 2.24) is 13.5 Å². The number of carbonyl (C=O) groups is 2. The van der Waals surface area contributed by atoms with Crippen LogP contribution in [0.1, 0.15) is 19.3 Å². The van der Waals surface area contributed by atoms with Gasteiger partial charge in [0, 0.05) is 33.7 Å². The van der Waals surface area contributed by atoms with Crippen molar-refractivity contribution in [2.75, 3.05) is 40.3 Å². The number of nitrogens with zero attached hydrogens (tertiary/aromatic N) is 3. The number of likely N-dealkylation sites (tertiary alicyclic amines) is 1. The van der Waals surface area contributed by atoms with Crippen LogP contribution in [-0.2, 0) is 19.8 Å². The van der Waals surface area contributed by atoms with Crippen molar-refractivity contribution >= 4 is 22.1 Å². The molecule has 0 spiro atoms. The first-order valence-electron chi connectivity index (χ1n) is 6.42. The molecule has 1 rings (SSSR count). The van der Waals surface area contributed by atoms with E-state index in [2.05, 4.69) is 0 Å². The number of carboxylic acids is 1. The van der Waals surface area contributed by atoms with Crippen molar-refractivity contribution in [3.8, 4) is 0 Å². The van der Waals surface area contributed by atoms with E-state index in [-0.39, 0.29) is 25.4 Å². The van der Waals surface area contributed by atoms with E-state index in [1.165, 1.54) is 14.1 Å². The Morgan fingerprint density at radius 1 is 1.15 bits per heavy atom. The van der Waals surface area contributed by atoms with E-state index in [1.54, 1.807) is 4.90 Å². The highest BCUT2D eigenvalue weighted by molar-refractivity contribution is 7.86. The van der Waals surface area contributed by atoms with Gasteiger partial charge in [0.05, 0.1) is 13.0 Å². The SMILES string of the molecule is CN(CCC(=O)O)S(=O)(=O)N(C)CC(=O)N1CCCC1. The maximum absolute atomic E-state index is 12.1. The zero-order valence-electron chi connectivity index (χ0n) is 11.8. The molecular formula is C11H21N3O5S. The molecule has 8 nitrogen and oxygen atoms in total. The molecule has 0 unspecified atom stereocenters. The lowest BCUT2D eigenvalue weighted by Gasteiger charge is -2.25. The predicted molar refractivity (Wildman–Crippen MR) is 72.2 cm³/mol. The van der Waals surface area contributed by atoms with Gasteiger partial charge in [-0.15, -0.1) is 0 Å². The van der Waals surface area contributed by atoms with Gasteiger partial charge < -0.3 is 10.0 Å². The summed E-state index contributed by atoms with van der Waals surface area (Å²) in [5.74, 6) is -1.29. The average Bonchev–Trinajstić information content (AvgIpc) is 2.89. The van der Waals surface area contributed by atoms with Crippen molar-refractivity contribution in [2.24, 2.45) is 0 Å². The number of hydrogen-bond donors (Lipinski definition) is 1. The molecule has 1 amide bonds. The van der Waals surface area contributed by atoms with Gasteiger partial charge >= 0.3 is 5.97 Å². The summed E-state index contributed by atoms with van der Waals surface area (Å²) in [6.07, 6.45) is 1.62. The van der Waals surface area contributed by atoms with Crippen LogP contribution in [0.25, 0.3) is 0 Å². The monoisotopic (exact) mass is 307 g/mol. The Labute approximate surface area is 119 Å². The summed E-state index contributed by atoms with van der Waals surface area (Å²) in [6, 6.07) is 0. The molecule has 20 heavy (non-hydrogen) atoms. The fraction of sp³-hybridized carbons (Fsp3) is 0.818. The third-order valence-corrected chi connectivity index (χ3v) is 5.13. The van der Waals surface area contributed by atoms with E-state index in [1.807, 2.05) is 0 Å².